The Bertz CT molecular complexity index is 682. The zero-order chi connectivity index (χ0) is 14.9. The largest absolute Gasteiger partial charge is 0.476 e. The number of halogens is 3. The summed E-state index contributed by atoms with van der Waals surface area (Å²) in [6, 6.07) is 2.37. The van der Waals surface area contributed by atoms with E-state index in [1.165, 1.54) is 17.5 Å². The number of nitrogens with one attached hydrogen (secondary N) is 1. The van der Waals surface area contributed by atoms with Crippen LogP contribution in [-0.4, -0.2) is 22.0 Å². The number of hydrogen-bond donors (Lipinski definition) is 2. The number of aromatic carboxylic acids is 1. The van der Waals surface area contributed by atoms with E-state index in [0.717, 1.165) is 11.3 Å². The molecular weight excluding hydrogens is 330 g/mol. The van der Waals surface area contributed by atoms with E-state index in [9.17, 15) is 14.0 Å². The molecule has 104 valence electrons. The Hall–Kier alpha value is -1.70. The van der Waals surface area contributed by atoms with Gasteiger partial charge in [0, 0.05) is 11.1 Å². The van der Waals surface area contributed by atoms with Gasteiger partial charge in [0.15, 0.2) is 16.5 Å². The predicted octanol–water partition coefficient (Wildman–Crippen LogP) is 3.54. The lowest BCUT2D eigenvalue weighted by Crippen LogP contribution is -2.12. The Morgan fingerprint density at radius 2 is 1.90 bits per heavy atom. The lowest BCUT2D eigenvalue weighted by atomic mass is 10.3. The maximum Gasteiger partial charge on any atom is 0.355 e. The average molecular weight is 335 g/mol. The molecule has 0 atom stereocenters. The van der Waals surface area contributed by atoms with Crippen LogP contribution >= 0.6 is 34.5 Å². The normalized spacial score (nSPS) is 10.3. The van der Waals surface area contributed by atoms with Gasteiger partial charge >= 0.3 is 5.97 Å². The molecule has 0 aliphatic carbocycles. The van der Waals surface area contributed by atoms with E-state index >= 15 is 0 Å². The van der Waals surface area contributed by atoms with Crippen LogP contribution in [0.25, 0.3) is 0 Å². The highest BCUT2D eigenvalue weighted by Crippen LogP contribution is 2.27. The Labute approximate surface area is 126 Å². The number of amides is 1. The van der Waals surface area contributed by atoms with Gasteiger partial charge in [-0.15, -0.1) is 11.3 Å². The van der Waals surface area contributed by atoms with Crippen LogP contribution in [-0.2, 0) is 0 Å². The molecule has 2 N–H and O–H groups in total. The molecule has 1 aromatic carbocycles. The van der Waals surface area contributed by atoms with Gasteiger partial charge in [-0.25, -0.2) is 14.2 Å². The molecule has 9 heteroatoms. The molecule has 0 saturated heterocycles. The first-order chi connectivity index (χ1) is 9.38. The number of rotatable bonds is 3. The van der Waals surface area contributed by atoms with Gasteiger partial charge in [0.05, 0.1) is 10.0 Å². The van der Waals surface area contributed by atoms with E-state index in [2.05, 4.69) is 10.3 Å². The third kappa shape index (κ3) is 3.06. The van der Waals surface area contributed by atoms with Crippen molar-refractivity contribution < 1.29 is 19.1 Å². The molecule has 0 aliphatic heterocycles. The molecule has 0 radical (unpaired) electrons. The molecule has 1 heterocycles. The molecule has 0 unspecified atom stereocenters. The van der Waals surface area contributed by atoms with Crippen LogP contribution < -0.4 is 5.32 Å². The topological polar surface area (TPSA) is 79.3 Å². The van der Waals surface area contributed by atoms with Crippen molar-refractivity contribution in [2.45, 2.75) is 0 Å². The molecule has 2 rings (SSSR count). The summed E-state index contributed by atoms with van der Waals surface area (Å²) < 4.78 is 13.2. The fourth-order valence-electron chi connectivity index (χ4n) is 1.29. The molecule has 2 aromatic rings. The Balaban J connectivity index is 2.21. The molecule has 1 aromatic heterocycles. The summed E-state index contributed by atoms with van der Waals surface area (Å²) in [4.78, 5) is 26.1. The Morgan fingerprint density at radius 1 is 1.30 bits per heavy atom. The maximum absolute atomic E-state index is 13.2. The van der Waals surface area contributed by atoms with Crippen molar-refractivity contribution in [1.82, 2.24) is 4.98 Å². The van der Waals surface area contributed by atoms with Crippen molar-refractivity contribution in [2.24, 2.45) is 0 Å². The number of carboxylic acids is 1. The quantitative estimate of drug-likeness (QED) is 0.841. The molecule has 0 saturated carbocycles. The molecule has 5 nitrogen and oxygen atoms in total. The van der Waals surface area contributed by atoms with E-state index in [0.29, 0.717) is 0 Å². The number of aromatic nitrogens is 1. The fourth-order valence-corrected chi connectivity index (χ4v) is 2.46. The van der Waals surface area contributed by atoms with Crippen LogP contribution in [0.1, 0.15) is 20.3 Å². The molecule has 1 amide bonds. The molecule has 20 heavy (non-hydrogen) atoms. The molecule has 0 spiro atoms. The van der Waals surface area contributed by atoms with Gasteiger partial charge in [0.2, 0.25) is 0 Å². The van der Waals surface area contributed by atoms with Crippen LogP contribution in [0.15, 0.2) is 17.5 Å². The van der Waals surface area contributed by atoms with Crippen LogP contribution in [0, 0.1) is 5.82 Å². The second kappa shape index (κ2) is 5.74. The van der Waals surface area contributed by atoms with Crippen LogP contribution in [0.2, 0.25) is 10.0 Å². The first kappa shape index (κ1) is 14.7. The summed E-state index contributed by atoms with van der Waals surface area (Å²) >= 11 is 12.1. The Kier molecular flexibility index (Phi) is 4.22. The van der Waals surface area contributed by atoms with Gasteiger partial charge in [0.1, 0.15) is 0 Å². The second-order valence-electron chi connectivity index (χ2n) is 3.55. The van der Waals surface area contributed by atoms with Crippen molar-refractivity contribution in [3.05, 3.63) is 44.1 Å². The number of nitrogens with zero attached hydrogens (tertiary/aromatic N) is 1. The molecular formula is C11H5Cl2FN2O3S. The smallest absolute Gasteiger partial charge is 0.355 e. The van der Waals surface area contributed by atoms with Crippen LogP contribution in [0.4, 0.5) is 10.1 Å². The molecule has 0 fully saturated rings. The van der Waals surface area contributed by atoms with E-state index in [1.54, 1.807) is 0 Å². The lowest BCUT2D eigenvalue weighted by molar-refractivity contribution is 0.0691. The summed E-state index contributed by atoms with van der Waals surface area (Å²) in [6.07, 6.45) is 0. The van der Waals surface area contributed by atoms with E-state index in [4.69, 9.17) is 28.3 Å². The summed E-state index contributed by atoms with van der Waals surface area (Å²) in [7, 11) is 0. The van der Waals surface area contributed by atoms with Gasteiger partial charge in [-0.3, -0.25) is 4.79 Å². The van der Waals surface area contributed by atoms with Crippen molar-refractivity contribution in [3.8, 4) is 0 Å². The van der Waals surface area contributed by atoms with Gasteiger partial charge in [-0.05, 0) is 12.1 Å². The first-order valence-corrected chi connectivity index (χ1v) is 6.66. The van der Waals surface area contributed by atoms with Gasteiger partial charge < -0.3 is 10.4 Å². The lowest BCUT2D eigenvalue weighted by Gasteiger charge is -2.05. The summed E-state index contributed by atoms with van der Waals surface area (Å²) in [5.41, 5.74) is -0.0474. The fraction of sp³-hybridized carbons (Fsp3) is 0. The minimum atomic E-state index is -1.23. The first-order valence-electron chi connectivity index (χ1n) is 5.03. The van der Waals surface area contributed by atoms with Gasteiger partial charge in [-0.2, -0.15) is 0 Å². The number of thiazole rings is 1. The highest BCUT2D eigenvalue weighted by atomic mass is 35.5. The third-order valence-corrected chi connectivity index (χ3v) is 3.55. The van der Waals surface area contributed by atoms with Crippen molar-refractivity contribution >= 4 is 52.1 Å². The Morgan fingerprint density at radius 3 is 2.40 bits per heavy atom. The number of carbonyl (C=O) groups excluding carboxylic acids is 1. The molecule has 0 aliphatic rings. The average Bonchev–Trinajstić information content (AvgIpc) is 2.85. The molecule has 0 bridgehead atoms. The monoisotopic (exact) mass is 334 g/mol. The minimum absolute atomic E-state index is 0.0426. The van der Waals surface area contributed by atoms with E-state index < -0.39 is 17.7 Å². The summed E-state index contributed by atoms with van der Waals surface area (Å²) in [5.74, 6) is -2.65. The van der Waals surface area contributed by atoms with Crippen molar-refractivity contribution in [3.63, 3.8) is 0 Å². The number of carboxylic acid groups (broad SMARTS) is 1. The summed E-state index contributed by atoms with van der Waals surface area (Å²) in [6.45, 7) is 0. The van der Waals surface area contributed by atoms with Gasteiger partial charge in [0.25, 0.3) is 5.91 Å². The van der Waals surface area contributed by atoms with Gasteiger partial charge in [-0.1, -0.05) is 23.2 Å². The highest BCUT2D eigenvalue weighted by Gasteiger charge is 2.16. The predicted molar refractivity (Wildman–Crippen MR) is 73.4 cm³/mol. The number of benzene rings is 1. The number of hydrogen-bond acceptors (Lipinski definition) is 4. The van der Waals surface area contributed by atoms with E-state index in [-0.39, 0.29) is 26.4 Å². The van der Waals surface area contributed by atoms with Crippen molar-refractivity contribution in [2.75, 3.05) is 5.32 Å². The van der Waals surface area contributed by atoms with E-state index in [1.807, 2.05) is 0 Å². The zero-order valence-electron chi connectivity index (χ0n) is 9.49. The minimum Gasteiger partial charge on any atom is -0.476 e. The standard InChI is InChI=1S/C11H5Cl2FN2O3S/c12-5-1-4(2-6(13)8(5)14)15-9(17)10-16-7(3-20-10)11(18)19/h1-3H,(H,15,17)(H,18,19). The number of anilines is 1. The third-order valence-electron chi connectivity index (χ3n) is 2.16. The SMILES string of the molecule is O=C(O)c1csc(C(=O)Nc2cc(Cl)c(F)c(Cl)c2)n1. The number of carbonyl (C=O) groups is 2. The van der Waals surface area contributed by atoms with Crippen molar-refractivity contribution in [1.29, 1.82) is 0 Å². The highest BCUT2D eigenvalue weighted by molar-refractivity contribution is 7.12. The maximum atomic E-state index is 13.2. The second-order valence-corrected chi connectivity index (χ2v) is 5.22. The zero-order valence-corrected chi connectivity index (χ0v) is 11.8. The van der Waals surface area contributed by atoms with Crippen LogP contribution in [0.5, 0.6) is 0 Å². The van der Waals surface area contributed by atoms with Crippen LogP contribution in [0.3, 0.4) is 0 Å². The summed E-state index contributed by atoms with van der Waals surface area (Å²) in [5, 5.41) is 11.8.